The number of aromatic nitrogens is 1. The third-order valence-corrected chi connectivity index (χ3v) is 5.42. The number of ether oxygens (including phenoxy) is 1. The Balaban J connectivity index is 1.56. The van der Waals surface area contributed by atoms with Crippen LogP contribution in [0.2, 0.25) is 5.02 Å². The van der Waals surface area contributed by atoms with E-state index in [4.69, 9.17) is 16.3 Å². The number of hydrogen-bond acceptors (Lipinski definition) is 3. The van der Waals surface area contributed by atoms with Gasteiger partial charge in [-0.25, -0.2) is 0 Å². The molecule has 2 aliphatic heterocycles. The van der Waals surface area contributed by atoms with Crippen molar-refractivity contribution in [3.8, 4) is 0 Å². The highest BCUT2D eigenvalue weighted by Gasteiger charge is 2.55. The van der Waals surface area contributed by atoms with Crippen LogP contribution in [0.15, 0.2) is 54.9 Å². The molecule has 4 nitrogen and oxygen atoms in total. The van der Waals surface area contributed by atoms with E-state index in [1.807, 2.05) is 42.5 Å². The van der Waals surface area contributed by atoms with Gasteiger partial charge in [0, 0.05) is 27.6 Å². The van der Waals surface area contributed by atoms with Gasteiger partial charge in [0.05, 0.1) is 18.0 Å². The Kier molecular flexibility index (Phi) is 3.14. The van der Waals surface area contributed by atoms with Gasteiger partial charge in [-0.05, 0) is 30.5 Å². The zero-order chi connectivity index (χ0) is 17.0. The molecule has 2 aliphatic rings. The molecular formula is C20H15ClN2O2. The largest absolute Gasteiger partial charge is 0.352 e. The predicted octanol–water partition coefficient (Wildman–Crippen LogP) is 4.59. The molecule has 0 saturated carbocycles. The normalized spacial score (nSPS) is 23.6. The lowest BCUT2D eigenvalue weighted by Crippen LogP contribution is -2.38. The summed E-state index contributed by atoms with van der Waals surface area (Å²) in [6, 6.07) is 13.5. The molecule has 25 heavy (non-hydrogen) atoms. The van der Waals surface area contributed by atoms with Crippen molar-refractivity contribution in [1.29, 1.82) is 0 Å². The topological polar surface area (TPSA) is 51.2 Å². The number of nitrogens with zero attached hydrogens (tertiary/aromatic N) is 1. The highest BCUT2D eigenvalue weighted by Crippen LogP contribution is 2.55. The third kappa shape index (κ3) is 2.11. The first-order valence-corrected chi connectivity index (χ1v) is 8.67. The smallest absolute Gasteiger partial charge is 0.261 e. The Morgan fingerprint density at radius 2 is 2.12 bits per heavy atom. The number of nitrogens with one attached hydrogen (secondary N) is 1. The summed E-state index contributed by atoms with van der Waals surface area (Å²) in [4.78, 5) is 17.4. The van der Waals surface area contributed by atoms with Crippen molar-refractivity contribution in [3.63, 3.8) is 0 Å². The number of benzene rings is 2. The highest BCUT2D eigenvalue weighted by atomic mass is 35.5. The Morgan fingerprint density at radius 1 is 1.24 bits per heavy atom. The van der Waals surface area contributed by atoms with Crippen LogP contribution < -0.4 is 5.32 Å². The molecule has 1 saturated heterocycles. The van der Waals surface area contributed by atoms with E-state index in [1.54, 1.807) is 12.4 Å². The van der Waals surface area contributed by atoms with Crippen molar-refractivity contribution in [2.24, 2.45) is 0 Å². The zero-order valence-electron chi connectivity index (χ0n) is 13.3. The SMILES string of the molecule is O=C(Nc1cncc2ccccc12)C12CCC(O1)c1ccc(Cl)cc12. The predicted molar refractivity (Wildman–Crippen MR) is 96.6 cm³/mol. The molecule has 2 bridgehead atoms. The number of amides is 1. The van der Waals surface area contributed by atoms with Crippen LogP contribution >= 0.6 is 11.6 Å². The molecule has 2 unspecified atom stereocenters. The first-order chi connectivity index (χ1) is 12.2. The third-order valence-electron chi connectivity index (χ3n) is 5.18. The minimum Gasteiger partial charge on any atom is -0.352 e. The monoisotopic (exact) mass is 350 g/mol. The molecule has 5 rings (SSSR count). The van der Waals surface area contributed by atoms with Crippen molar-refractivity contribution >= 4 is 34.0 Å². The number of halogens is 1. The summed E-state index contributed by atoms with van der Waals surface area (Å²) in [5, 5.41) is 5.60. The first-order valence-electron chi connectivity index (χ1n) is 8.29. The average molecular weight is 351 g/mol. The van der Waals surface area contributed by atoms with Crippen molar-refractivity contribution in [2.45, 2.75) is 24.5 Å². The molecule has 1 amide bonds. The van der Waals surface area contributed by atoms with Crippen molar-refractivity contribution in [3.05, 3.63) is 71.0 Å². The molecule has 1 N–H and O–H groups in total. The fourth-order valence-electron chi connectivity index (χ4n) is 4.00. The number of fused-ring (bicyclic) bond motifs is 6. The fourth-order valence-corrected chi connectivity index (χ4v) is 4.17. The molecule has 5 heteroatoms. The van der Waals surface area contributed by atoms with Gasteiger partial charge in [0.2, 0.25) is 0 Å². The lowest BCUT2D eigenvalue weighted by atomic mass is 9.81. The van der Waals surface area contributed by atoms with Crippen LogP contribution in [0.25, 0.3) is 10.8 Å². The van der Waals surface area contributed by atoms with Crippen molar-refractivity contribution < 1.29 is 9.53 Å². The summed E-state index contributed by atoms with van der Waals surface area (Å²) in [6.07, 6.45) is 4.95. The number of carbonyl (C=O) groups is 1. The van der Waals surface area contributed by atoms with Crippen LogP contribution in [0.3, 0.4) is 0 Å². The summed E-state index contributed by atoms with van der Waals surface area (Å²) in [5.41, 5.74) is 1.70. The van der Waals surface area contributed by atoms with Crippen molar-refractivity contribution in [1.82, 2.24) is 4.98 Å². The molecule has 3 heterocycles. The summed E-state index contributed by atoms with van der Waals surface area (Å²) in [7, 11) is 0. The van der Waals surface area contributed by atoms with Gasteiger partial charge in [-0.15, -0.1) is 0 Å². The number of hydrogen-bond donors (Lipinski definition) is 1. The van der Waals surface area contributed by atoms with E-state index in [2.05, 4.69) is 10.3 Å². The lowest BCUT2D eigenvalue weighted by molar-refractivity contribution is -0.138. The molecular weight excluding hydrogens is 336 g/mol. The average Bonchev–Trinajstić information content (AvgIpc) is 3.20. The molecule has 2 aromatic carbocycles. The minimum absolute atomic E-state index is 0.0244. The molecule has 2 atom stereocenters. The quantitative estimate of drug-likeness (QED) is 0.735. The molecule has 0 spiro atoms. The van der Waals surface area contributed by atoms with Crippen LogP contribution in [0.5, 0.6) is 0 Å². The molecule has 1 aromatic heterocycles. The van der Waals surface area contributed by atoms with E-state index in [0.717, 1.165) is 28.3 Å². The van der Waals surface area contributed by atoms with E-state index in [0.29, 0.717) is 17.1 Å². The lowest BCUT2D eigenvalue weighted by Gasteiger charge is -2.26. The molecule has 1 fully saturated rings. The second-order valence-electron chi connectivity index (χ2n) is 6.57. The zero-order valence-corrected chi connectivity index (χ0v) is 14.1. The maximum Gasteiger partial charge on any atom is 0.261 e. The first kappa shape index (κ1) is 14.9. The second kappa shape index (κ2) is 5.28. The number of pyridine rings is 1. The van der Waals surface area contributed by atoms with Gasteiger partial charge >= 0.3 is 0 Å². The molecule has 0 radical (unpaired) electrons. The van der Waals surface area contributed by atoms with Crippen molar-refractivity contribution in [2.75, 3.05) is 5.32 Å². The van der Waals surface area contributed by atoms with Gasteiger partial charge in [0.1, 0.15) is 0 Å². The second-order valence-corrected chi connectivity index (χ2v) is 7.00. The van der Waals surface area contributed by atoms with Gasteiger partial charge in [0.25, 0.3) is 5.91 Å². The number of rotatable bonds is 2. The maximum atomic E-state index is 13.2. The summed E-state index contributed by atoms with van der Waals surface area (Å²) < 4.78 is 6.14. The van der Waals surface area contributed by atoms with E-state index >= 15 is 0 Å². The summed E-state index contributed by atoms with van der Waals surface area (Å²) in [5.74, 6) is -0.158. The summed E-state index contributed by atoms with van der Waals surface area (Å²) in [6.45, 7) is 0. The number of anilines is 1. The van der Waals surface area contributed by atoms with Gasteiger partial charge in [-0.3, -0.25) is 9.78 Å². The van der Waals surface area contributed by atoms with Gasteiger partial charge in [-0.1, -0.05) is 41.9 Å². The highest BCUT2D eigenvalue weighted by molar-refractivity contribution is 6.30. The van der Waals surface area contributed by atoms with E-state index < -0.39 is 5.60 Å². The van der Waals surface area contributed by atoms with Crippen LogP contribution in [0.4, 0.5) is 5.69 Å². The van der Waals surface area contributed by atoms with E-state index in [1.165, 1.54) is 0 Å². The molecule has 0 aliphatic carbocycles. The van der Waals surface area contributed by atoms with Gasteiger partial charge < -0.3 is 10.1 Å². The standard InChI is InChI=1S/C20H15ClN2O2/c21-13-5-6-15-16(9-13)20(8-7-18(15)25-20)19(24)23-17-11-22-10-12-3-1-2-4-14(12)17/h1-6,9-11,18H,7-8H2,(H,23,24). The molecule has 3 aromatic rings. The van der Waals surface area contributed by atoms with Gasteiger partial charge in [0.15, 0.2) is 5.60 Å². The maximum absolute atomic E-state index is 13.2. The van der Waals surface area contributed by atoms with Crippen LogP contribution in [-0.2, 0) is 15.1 Å². The van der Waals surface area contributed by atoms with E-state index in [9.17, 15) is 4.79 Å². The van der Waals surface area contributed by atoms with E-state index in [-0.39, 0.29) is 12.0 Å². The Labute approximate surface area is 149 Å². The minimum atomic E-state index is -0.957. The Hall–Kier alpha value is -2.43. The number of carbonyl (C=O) groups excluding carboxylic acids is 1. The van der Waals surface area contributed by atoms with Crippen LogP contribution in [0, 0.1) is 0 Å². The summed E-state index contributed by atoms with van der Waals surface area (Å²) >= 11 is 6.17. The van der Waals surface area contributed by atoms with Gasteiger partial charge in [-0.2, -0.15) is 0 Å². The Bertz CT molecular complexity index is 1010. The fraction of sp³-hybridized carbons (Fsp3) is 0.200. The van der Waals surface area contributed by atoms with Crippen LogP contribution in [0.1, 0.15) is 30.1 Å². The Morgan fingerprint density at radius 3 is 3.04 bits per heavy atom. The van der Waals surface area contributed by atoms with Crippen LogP contribution in [-0.4, -0.2) is 10.9 Å². The molecule has 124 valence electrons.